The van der Waals surface area contributed by atoms with Crippen LogP contribution in [-0.4, -0.2) is 37.2 Å². The van der Waals surface area contributed by atoms with E-state index in [1.54, 1.807) is 0 Å². The van der Waals surface area contributed by atoms with Crippen molar-refractivity contribution in [1.82, 2.24) is 0 Å². The van der Waals surface area contributed by atoms with E-state index in [4.69, 9.17) is 14.2 Å². The van der Waals surface area contributed by atoms with Gasteiger partial charge in [0.15, 0.2) is 6.10 Å². The third kappa shape index (κ3) is 51.3. The number of unbranched alkanes of at least 4 members (excludes halogenated alkanes) is 21. The van der Waals surface area contributed by atoms with Crippen LogP contribution in [0.5, 0.6) is 0 Å². The van der Waals surface area contributed by atoms with Gasteiger partial charge in [-0.15, -0.1) is 0 Å². The van der Waals surface area contributed by atoms with Crippen molar-refractivity contribution in [2.45, 2.75) is 252 Å². The van der Waals surface area contributed by atoms with E-state index in [0.717, 1.165) is 135 Å². The molecule has 1 unspecified atom stereocenters. The SMILES string of the molecule is CC/C=C\C/C=C\C/C=C\C/C=C\C/C=C\CCCCCCCC(=O)OCC(COC(=O)CCCCCCCC)OC(=O)CCCCCCCC/C=C\C/C=C\C/C=C\CCCCCCC. The Balaban J connectivity index is 4.27. The number of rotatable bonds is 48. The molecule has 0 N–H and O–H groups in total. The molecule has 6 nitrogen and oxygen atoms in total. The lowest BCUT2D eigenvalue weighted by Gasteiger charge is -2.18. The molecule has 0 amide bonds. The topological polar surface area (TPSA) is 78.9 Å². The van der Waals surface area contributed by atoms with Gasteiger partial charge in [0.1, 0.15) is 13.2 Å². The first kappa shape index (κ1) is 62.3. The summed E-state index contributed by atoms with van der Waals surface area (Å²) >= 11 is 0. The van der Waals surface area contributed by atoms with Crippen LogP contribution in [0, 0.1) is 0 Å². The van der Waals surface area contributed by atoms with Crippen molar-refractivity contribution in [1.29, 1.82) is 0 Å². The summed E-state index contributed by atoms with van der Waals surface area (Å²) in [6.07, 6.45) is 71.3. The second kappa shape index (κ2) is 53.9. The van der Waals surface area contributed by atoms with Gasteiger partial charge in [-0.3, -0.25) is 14.4 Å². The number of ether oxygens (including phenoxy) is 3. The Bertz CT molecular complexity index is 1330. The van der Waals surface area contributed by atoms with Crippen LogP contribution >= 0.6 is 0 Å². The van der Waals surface area contributed by atoms with E-state index in [9.17, 15) is 14.4 Å². The predicted octanol–water partition coefficient (Wildman–Crippen LogP) is 18.1. The van der Waals surface area contributed by atoms with Crippen LogP contribution < -0.4 is 0 Å². The maximum Gasteiger partial charge on any atom is 0.306 e. The zero-order valence-corrected chi connectivity index (χ0v) is 42.9. The van der Waals surface area contributed by atoms with Crippen LogP contribution in [0.3, 0.4) is 0 Å². The van der Waals surface area contributed by atoms with E-state index in [0.29, 0.717) is 19.3 Å². The van der Waals surface area contributed by atoms with Gasteiger partial charge in [-0.1, -0.05) is 221 Å². The molecule has 0 saturated carbocycles. The Labute approximate surface area is 407 Å². The smallest absolute Gasteiger partial charge is 0.306 e. The van der Waals surface area contributed by atoms with Gasteiger partial charge in [-0.05, 0) is 103 Å². The van der Waals surface area contributed by atoms with Gasteiger partial charge in [0, 0.05) is 19.3 Å². The summed E-state index contributed by atoms with van der Waals surface area (Å²) in [5.41, 5.74) is 0. The molecule has 0 bridgehead atoms. The van der Waals surface area contributed by atoms with Crippen LogP contribution in [-0.2, 0) is 28.6 Å². The van der Waals surface area contributed by atoms with E-state index < -0.39 is 6.10 Å². The van der Waals surface area contributed by atoms with E-state index in [1.807, 2.05) is 0 Å². The van der Waals surface area contributed by atoms with Crippen molar-refractivity contribution in [3.8, 4) is 0 Å². The van der Waals surface area contributed by atoms with Crippen molar-refractivity contribution in [3.05, 3.63) is 97.2 Å². The first-order valence-electron chi connectivity index (χ1n) is 27.2. The van der Waals surface area contributed by atoms with Gasteiger partial charge >= 0.3 is 17.9 Å². The molecule has 0 fully saturated rings. The fraction of sp³-hybridized carbons (Fsp3) is 0.683. The summed E-state index contributed by atoms with van der Waals surface area (Å²) in [5, 5.41) is 0. The molecule has 0 aromatic rings. The number of carbonyl (C=O) groups is 3. The molecule has 0 radical (unpaired) electrons. The van der Waals surface area contributed by atoms with Gasteiger partial charge in [-0.2, -0.15) is 0 Å². The molecule has 0 rings (SSSR count). The van der Waals surface area contributed by atoms with Gasteiger partial charge in [0.25, 0.3) is 0 Å². The minimum Gasteiger partial charge on any atom is -0.462 e. The Morgan fingerprint density at radius 1 is 0.318 bits per heavy atom. The van der Waals surface area contributed by atoms with Crippen molar-refractivity contribution in [3.63, 3.8) is 0 Å². The largest absolute Gasteiger partial charge is 0.462 e. The average Bonchev–Trinajstić information content (AvgIpc) is 3.31. The highest BCUT2D eigenvalue weighted by Gasteiger charge is 2.19. The molecule has 0 aromatic carbocycles. The summed E-state index contributed by atoms with van der Waals surface area (Å²) in [7, 11) is 0. The van der Waals surface area contributed by atoms with Gasteiger partial charge in [0.2, 0.25) is 0 Å². The fourth-order valence-corrected chi connectivity index (χ4v) is 7.24. The van der Waals surface area contributed by atoms with Crippen molar-refractivity contribution in [2.75, 3.05) is 13.2 Å². The Morgan fingerprint density at radius 3 is 0.924 bits per heavy atom. The van der Waals surface area contributed by atoms with Crippen LogP contribution in [0.15, 0.2) is 97.2 Å². The Morgan fingerprint density at radius 2 is 0.591 bits per heavy atom. The number of hydrogen-bond donors (Lipinski definition) is 0. The lowest BCUT2D eigenvalue weighted by Crippen LogP contribution is -2.30. The lowest BCUT2D eigenvalue weighted by molar-refractivity contribution is -0.167. The highest BCUT2D eigenvalue weighted by Crippen LogP contribution is 2.13. The van der Waals surface area contributed by atoms with E-state index in [2.05, 4.69) is 118 Å². The molecule has 6 heteroatoms. The molecule has 0 aliphatic heterocycles. The van der Waals surface area contributed by atoms with Crippen molar-refractivity contribution >= 4 is 17.9 Å². The zero-order chi connectivity index (χ0) is 47.9. The molecular formula is C60H100O6. The zero-order valence-electron chi connectivity index (χ0n) is 42.9. The van der Waals surface area contributed by atoms with E-state index in [1.165, 1.54) is 70.6 Å². The standard InChI is InChI=1S/C60H100O6/c1-4-7-10-13-16-18-20-22-24-26-28-30-32-34-36-38-40-42-44-47-50-53-59(62)65-56-57(55-64-58(61)52-49-46-15-12-9-6-3)66-60(63)54-51-48-45-43-41-39-37-35-33-31-29-27-25-23-21-19-17-14-11-8-5-2/h7,10,16,18,21-24,27-30,33-36,57H,4-6,8-9,11-15,17,19-20,25-26,31-32,37-56H2,1-3H3/b10-7-,18-16-,23-21-,24-22-,29-27-,30-28-,35-33-,36-34-. The molecule has 376 valence electrons. The maximum absolute atomic E-state index is 12.8. The maximum atomic E-state index is 12.8. The third-order valence-corrected chi connectivity index (χ3v) is 11.3. The lowest BCUT2D eigenvalue weighted by atomic mass is 10.1. The summed E-state index contributed by atoms with van der Waals surface area (Å²) < 4.78 is 16.7. The number of esters is 3. The number of carbonyl (C=O) groups excluding carboxylic acids is 3. The molecule has 66 heavy (non-hydrogen) atoms. The number of allylic oxidation sites excluding steroid dienone is 16. The second-order valence-corrected chi connectivity index (χ2v) is 17.8. The predicted molar refractivity (Wildman–Crippen MR) is 284 cm³/mol. The van der Waals surface area contributed by atoms with E-state index in [-0.39, 0.29) is 31.1 Å². The quantitative estimate of drug-likeness (QED) is 0.0262. The monoisotopic (exact) mass is 917 g/mol. The third-order valence-electron chi connectivity index (χ3n) is 11.3. The summed E-state index contributed by atoms with van der Waals surface area (Å²) in [5.74, 6) is -0.934. The Kier molecular flexibility index (Phi) is 50.9. The molecule has 1 atom stereocenters. The normalized spacial score (nSPS) is 12.8. The fourth-order valence-electron chi connectivity index (χ4n) is 7.24. The molecule has 0 aliphatic rings. The molecule has 0 spiro atoms. The number of hydrogen-bond acceptors (Lipinski definition) is 6. The van der Waals surface area contributed by atoms with Crippen LogP contribution in [0.25, 0.3) is 0 Å². The highest BCUT2D eigenvalue weighted by atomic mass is 16.6. The van der Waals surface area contributed by atoms with Crippen LogP contribution in [0.1, 0.15) is 245 Å². The second-order valence-electron chi connectivity index (χ2n) is 17.8. The van der Waals surface area contributed by atoms with Crippen molar-refractivity contribution in [2.24, 2.45) is 0 Å². The summed E-state index contributed by atoms with van der Waals surface area (Å²) in [6, 6.07) is 0. The molecular weight excluding hydrogens is 817 g/mol. The molecule has 0 heterocycles. The van der Waals surface area contributed by atoms with Crippen LogP contribution in [0.2, 0.25) is 0 Å². The first-order valence-corrected chi connectivity index (χ1v) is 27.2. The van der Waals surface area contributed by atoms with Crippen LogP contribution in [0.4, 0.5) is 0 Å². The minimum atomic E-state index is -0.791. The average molecular weight is 917 g/mol. The molecule has 0 aliphatic carbocycles. The summed E-state index contributed by atoms with van der Waals surface area (Å²) in [6.45, 7) is 6.42. The molecule has 0 saturated heterocycles. The highest BCUT2D eigenvalue weighted by molar-refractivity contribution is 5.71. The Hall–Kier alpha value is -3.67. The first-order chi connectivity index (χ1) is 32.5. The minimum absolute atomic E-state index is 0.0903. The van der Waals surface area contributed by atoms with Crippen molar-refractivity contribution < 1.29 is 28.6 Å². The van der Waals surface area contributed by atoms with Gasteiger partial charge < -0.3 is 14.2 Å². The van der Waals surface area contributed by atoms with Gasteiger partial charge in [0.05, 0.1) is 0 Å². The molecule has 0 aromatic heterocycles. The summed E-state index contributed by atoms with van der Waals surface area (Å²) in [4.78, 5) is 37.8. The van der Waals surface area contributed by atoms with Gasteiger partial charge in [-0.25, -0.2) is 0 Å². The van der Waals surface area contributed by atoms with E-state index >= 15 is 0 Å².